The number of carbonyl (C=O) groups excluding carboxylic acids is 1. The molecule has 1 saturated heterocycles. The van der Waals surface area contributed by atoms with E-state index in [0.717, 1.165) is 17.1 Å². The van der Waals surface area contributed by atoms with E-state index in [-0.39, 0.29) is 23.8 Å². The first-order valence-corrected chi connectivity index (χ1v) is 8.48. The summed E-state index contributed by atoms with van der Waals surface area (Å²) in [5.41, 5.74) is 1.67. The van der Waals surface area contributed by atoms with Crippen LogP contribution in [-0.4, -0.2) is 61.8 Å². The molecule has 9 nitrogen and oxygen atoms in total. The topological polar surface area (TPSA) is 98.7 Å². The summed E-state index contributed by atoms with van der Waals surface area (Å²) >= 11 is 0. The van der Waals surface area contributed by atoms with Gasteiger partial charge < -0.3 is 14.2 Å². The number of aryl methyl sites for hydroxylation is 2. The minimum atomic E-state index is -0.179. The highest BCUT2D eigenvalue weighted by atomic mass is 16.5. The van der Waals surface area contributed by atoms with E-state index in [9.17, 15) is 4.79 Å². The number of amides is 1. The van der Waals surface area contributed by atoms with Gasteiger partial charge in [0.05, 0.1) is 11.8 Å². The molecule has 4 heterocycles. The van der Waals surface area contributed by atoms with Crippen molar-refractivity contribution in [2.24, 2.45) is 5.92 Å². The van der Waals surface area contributed by atoms with Gasteiger partial charge in [-0.15, -0.1) is 10.2 Å². The van der Waals surface area contributed by atoms with Crippen LogP contribution in [0.2, 0.25) is 0 Å². The van der Waals surface area contributed by atoms with Crippen LogP contribution in [-0.2, 0) is 11.2 Å². The molecule has 0 unspecified atom stereocenters. The SMILES string of the molecule is CO[C@H]1CN(C(=O)c2nnc3nc(C)ccn23)C[C@H]1Cc1cc(C)no1. The van der Waals surface area contributed by atoms with Gasteiger partial charge in [0.1, 0.15) is 5.76 Å². The monoisotopic (exact) mass is 356 g/mol. The van der Waals surface area contributed by atoms with E-state index in [1.807, 2.05) is 26.0 Å². The number of carbonyl (C=O) groups is 1. The molecule has 0 bridgehead atoms. The number of rotatable bonds is 4. The summed E-state index contributed by atoms with van der Waals surface area (Å²) in [4.78, 5) is 19.0. The summed E-state index contributed by atoms with van der Waals surface area (Å²) < 4.78 is 12.5. The summed E-state index contributed by atoms with van der Waals surface area (Å²) in [5.74, 6) is 1.44. The Labute approximate surface area is 150 Å². The second kappa shape index (κ2) is 6.49. The fourth-order valence-electron chi connectivity index (χ4n) is 3.40. The van der Waals surface area contributed by atoms with Crippen molar-refractivity contribution >= 4 is 11.7 Å². The van der Waals surface area contributed by atoms with Crippen LogP contribution in [0, 0.1) is 19.8 Å². The summed E-state index contributed by atoms with van der Waals surface area (Å²) in [6, 6.07) is 3.74. The smallest absolute Gasteiger partial charge is 0.292 e. The molecule has 136 valence electrons. The van der Waals surface area contributed by atoms with Gasteiger partial charge in [-0.25, -0.2) is 4.98 Å². The molecule has 0 aliphatic carbocycles. The van der Waals surface area contributed by atoms with Crippen molar-refractivity contribution in [1.29, 1.82) is 0 Å². The maximum absolute atomic E-state index is 13.0. The third-order valence-corrected chi connectivity index (χ3v) is 4.72. The quantitative estimate of drug-likeness (QED) is 0.689. The molecule has 0 saturated carbocycles. The van der Waals surface area contributed by atoms with Crippen molar-refractivity contribution in [3.05, 3.63) is 41.3 Å². The zero-order valence-corrected chi connectivity index (χ0v) is 14.9. The molecule has 0 radical (unpaired) electrons. The lowest BCUT2D eigenvalue weighted by molar-refractivity contribution is 0.0664. The number of fused-ring (bicyclic) bond motifs is 1. The first kappa shape index (κ1) is 16.6. The molecular weight excluding hydrogens is 336 g/mol. The van der Waals surface area contributed by atoms with E-state index in [2.05, 4.69) is 20.3 Å². The second-order valence-electron chi connectivity index (χ2n) is 6.65. The molecule has 1 aliphatic rings. The van der Waals surface area contributed by atoms with Gasteiger partial charge in [-0.2, -0.15) is 0 Å². The Morgan fingerprint density at radius 2 is 2.15 bits per heavy atom. The van der Waals surface area contributed by atoms with E-state index >= 15 is 0 Å². The third-order valence-electron chi connectivity index (χ3n) is 4.72. The van der Waals surface area contributed by atoms with Crippen LogP contribution in [0.3, 0.4) is 0 Å². The summed E-state index contributed by atoms with van der Waals surface area (Å²) in [6.07, 6.45) is 2.37. The maximum atomic E-state index is 13.0. The van der Waals surface area contributed by atoms with Gasteiger partial charge in [0, 0.05) is 50.5 Å². The van der Waals surface area contributed by atoms with Crippen LogP contribution in [0.15, 0.2) is 22.9 Å². The first-order valence-electron chi connectivity index (χ1n) is 8.48. The number of aromatic nitrogens is 5. The van der Waals surface area contributed by atoms with Crippen LogP contribution in [0.4, 0.5) is 0 Å². The molecule has 1 aliphatic heterocycles. The molecule has 2 atom stereocenters. The molecule has 9 heteroatoms. The molecule has 4 rings (SSSR count). The van der Waals surface area contributed by atoms with Crippen LogP contribution in [0.25, 0.3) is 5.78 Å². The predicted octanol–water partition coefficient (Wildman–Crippen LogP) is 1.06. The van der Waals surface area contributed by atoms with Crippen molar-refractivity contribution in [3.8, 4) is 0 Å². The number of ether oxygens (including phenoxy) is 1. The van der Waals surface area contributed by atoms with E-state index in [1.54, 1.807) is 22.6 Å². The number of methoxy groups -OCH3 is 1. The standard InChI is InChI=1S/C17H20N6O3/c1-10-4-5-23-15(19-20-17(23)18-10)16(24)22-8-12(14(9-22)25-3)7-13-6-11(2)21-26-13/h4-6,12,14H,7-9H2,1-3H3/t12-,14+/m1/s1. The van der Waals surface area contributed by atoms with E-state index in [0.29, 0.717) is 25.3 Å². The number of hydrogen-bond acceptors (Lipinski definition) is 7. The average molecular weight is 356 g/mol. The van der Waals surface area contributed by atoms with Crippen molar-refractivity contribution in [1.82, 2.24) is 29.6 Å². The average Bonchev–Trinajstić information content (AvgIpc) is 3.32. The Morgan fingerprint density at radius 1 is 1.31 bits per heavy atom. The summed E-state index contributed by atoms with van der Waals surface area (Å²) in [6.45, 7) is 4.82. The minimum absolute atomic E-state index is 0.0658. The summed E-state index contributed by atoms with van der Waals surface area (Å²) in [5, 5.41) is 12.0. The van der Waals surface area contributed by atoms with Crippen molar-refractivity contribution in [3.63, 3.8) is 0 Å². The van der Waals surface area contributed by atoms with E-state index in [1.165, 1.54) is 0 Å². The molecule has 0 aromatic carbocycles. The summed E-state index contributed by atoms with van der Waals surface area (Å²) in [7, 11) is 1.66. The molecule has 0 spiro atoms. The molecule has 1 amide bonds. The van der Waals surface area contributed by atoms with Gasteiger partial charge in [-0.1, -0.05) is 5.16 Å². The molecule has 3 aromatic heterocycles. The predicted molar refractivity (Wildman–Crippen MR) is 90.7 cm³/mol. The lowest BCUT2D eigenvalue weighted by Crippen LogP contribution is -2.31. The van der Waals surface area contributed by atoms with Gasteiger partial charge in [-0.05, 0) is 19.9 Å². The van der Waals surface area contributed by atoms with Gasteiger partial charge in [0.25, 0.3) is 11.7 Å². The zero-order valence-electron chi connectivity index (χ0n) is 14.9. The van der Waals surface area contributed by atoms with E-state index in [4.69, 9.17) is 9.26 Å². The zero-order chi connectivity index (χ0) is 18.3. The highest BCUT2D eigenvalue weighted by molar-refractivity contribution is 5.91. The Bertz CT molecular complexity index is 949. The minimum Gasteiger partial charge on any atom is -0.379 e. The molecule has 0 N–H and O–H groups in total. The molecule has 26 heavy (non-hydrogen) atoms. The van der Waals surface area contributed by atoms with Crippen molar-refractivity contribution in [2.45, 2.75) is 26.4 Å². The van der Waals surface area contributed by atoms with Crippen molar-refractivity contribution < 1.29 is 14.1 Å². The van der Waals surface area contributed by atoms with Crippen LogP contribution >= 0.6 is 0 Å². The number of nitrogens with zero attached hydrogens (tertiary/aromatic N) is 6. The Morgan fingerprint density at radius 3 is 2.88 bits per heavy atom. The Hall–Kier alpha value is -2.81. The number of likely N-dealkylation sites (tertiary alicyclic amines) is 1. The Kier molecular flexibility index (Phi) is 4.15. The molecule has 1 fully saturated rings. The van der Waals surface area contributed by atoms with Gasteiger partial charge in [0.2, 0.25) is 5.82 Å². The van der Waals surface area contributed by atoms with E-state index < -0.39 is 0 Å². The highest BCUT2D eigenvalue weighted by Gasteiger charge is 2.37. The van der Waals surface area contributed by atoms with Gasteiger partial charge in [-0.3, -0.25) is 9.20 Å². The molecular formula is C17H20N6O3. The molecule has 3 aromatic rings. The largest absolute Gasteiger partial charge is 0.379 e. The third kappa shape index (κ3) is 2.94. The fraction of sp³-hybridized carbons (Fsp3) is 0.471. The Balaban J connectivity index is 1.54. The normalized spacial score (nSPS) is 20.2. The van der Waals surface area contributed by atoms with Gasteiger partial charge >= 0.3 is 0 Å². The second-order valence-corrected chi connectivity index (χ2v) is 6.65. The van der Waals surface area contributed by atoms with Crippen LogP contribution in [0.1, 0.15) is 27.8 Å². The van der Waals surface area contributed by atoms with Crippen LogP contribution in [0.5, 0.6) is 0 Å². The lowest BCUT2D eigenvalue weighted by atomic mass is 10.0. The van der Waals surface area contributed by atoms with Crippen molar-refractivity contribution in [2.75, 3.05) is 20.2 Å². The maximum Gasteiger partial charge on any atom is 0.292 e. The fourth-order valence-corrected chi connectivity index (χ4v) is 3.40. The van der Waals surface area contributed by atoms with Gasteiger partial charge in [0.15, 0.2) is 0 Å². The highest BCUT2D eigenvalue weighted by Crippen LogP contribution is 2.25. The first-order chi connectivity index (χ1) is 12.5. The van der Waals surface area contributed by atoms with Crippen LogP contribution < -0.4 is 0 Å². The lowest BCUT2D eigenvalue weighted by Gasteiger charge is -2.14. The number of hydrogen-bond donors (Lipinski definition) is 0.